The zero-order chi connectivity index (χ0) is 12.1. The van der Waals surface area contributed by atoms with Gasteiger partial charge in [-0.25, -0.2) is 0 Å². The van der Waals surface area contributed by atoms with Crippen molar-refractivity contribution in [1.29, 1.82) is 0 Å². The Morgan fingerprint density at radius 2 is 2.41 bits per heavy atom. The maximum Gasteiger partial charge on any atom is 0.191 e. The van der Waals surface area contributed by atoms with E-state index in [1.165, 1.54) is 12.8 Å². The smallest absolute Gasteiger partial charge is 0.191 e. The first-order valence-corrected chi connectivity index (χ1v) is 7.20. The first-order valence-electron chi connectivity index (χ1n) is 6.21. The van der Waals surface area contributed by atoms with E-state index in [-0.39, 0.29) is 0 Å². The Balaban J connectivity index is 1.83. The molecule has 2 rings (SSSR count). The van der Waals surface area contributed by atoms with Crippen molar-refractivity contribution in [2.75, 3.05) is 12.4 Å². The molecule has 96 valence electrons. The monoisotopic (exact) mass is 256 g/mol. The lowest BCUT2D eigenvalue weighted by Crippen LogP contribution is -2.09. The molecule has 2 heterocycles. The van der Waals surface area contributed by atoms with Crippen LogP contribution < -0.4 is 5.73 Å². The van der Waals surface area contributed by atoms with Crippen molar-refractivity contribution in [1.82, 2.24) is 14.8 Å². The number of hydrogen-bond acceptors (Lipinski definition) is 5. The second-order valence-electron chi connectivity index (χ2n) is 4.12. The Bertz CT molecular complexity index is 349. The largest absolute Gasteiger partial charge is 0.378 e. The molecule has 0 amide bonds. The lowest BCUT2D eigenvalue weighted by molar-refractivity contribution is 0.109. The third kappa shape index (κ3) is 3.20. The molecule has 0 aliphatic carbocycles. The third-order valence-corrected chi connectivity index (χ3v) is 3.99. The molecule has 0 spiro atoms. The molecule has 1 aliphatic heterocycles. The molecule has 0 saturated carbocycles. The van der Waals surface area contributed by atoms with E-state index in [0.717, 1.165) is 36.3 Å². The zero-order valence-corrected chi connectivity index (χ0v) is 11.1. The van der Waals surface area contributed by atoms with Crippen LogP contribution >= 0.6 is 11.8 Å². The fourth-order valence-electron chi connectivity index (χ4n) is 2.05. The number of aromatic nitrogens is 3. The van der Waals surface area contributed by atoms with Gasteiger partial charge in [0, 0.05) is 18.9 Å². The molecule has 1 atom stereocenters. The Kier molecular flexibility index (Phi) is 4.82. The quantitative estimate of drug-likeness (QED) is 0.780. The summed E-state index contributed by atoms with van der Waals surface area (Å²) in [5.41, 5.74) is 5.62. The lowest BCUT2D eigenvalue weighted by Gasteiger charge is -2.09. The molecule has 1 aromatic heterocycles. The van der Waals surface area contributed by atoms with Crippen molar-refractivity contribution in [2.24, 2.45) is 5.73 Å². The van der Waals surface area contributed by atoms with Crippen LogP contribution in [0.1, 0.15) is 32.0 Å². The predicted molar refractivity (Wildman–Crippen MR) is 67.9 cm³/mol. The van der Waals surface area contributed by atoms with Crippen LogP contribution in [0.3, 0.4) is 0 Å². The average Bonchev–Trinajstić information content (AvgIpc) is 2.97. The Hall–Kier alpha value is -0.590. The van der Waals surface area contributed by atoms with Crippen LogP contribution in [0.25, 0.3) is 0 Å². The van der Waals surface area contributed by atoms with Crippen molar-refractivity contribution < 1.29 is 4.74 Å². The molecule has 0 bridgehead atoms. The minimum absolute atomic E-state index is 0.452. The third-order valence-electron chi connectivity index (χ3n) is 2.99. The predicted octanol–water partition coefficient (Wildman–Crippen LogP) is 1.42. The molecular formula is C11H20N4OS. The van der Waals surface area contributed by atoms with Crippen LogP contribution in [-0.2, 0) is 17.8 Å². The van der Waals surface area contributed by atoms with E-state index >= 15 is 0 Å². The summed E-state index contributed by atoms with van der Waals surface area (Å²) < 4.78 is 7.68. The van der Waals surface area contributed by atoms with Gasteiger partial charge in [0.05, 0.1) is 12.6 Å². The van der Waals surface area contributed by atoms with Gasteiger partial charge in [0.1, 0.15) is 5.82 Å². The molecular weight excluding hydrogens is 236 g/mol. The molecule has 1 fully saturated rings. The summed E-state index contributed by atoms with van der Waals surface area (Å²) >= 11 is 1.75. The molecule has 17 heavy (non-hydrogen) atoms. The van der Waals surface area contributed by atoms with Gasteiger partial charge in [-0.1, -0.05) is 11.8 Å². The van der Waals surface area contributed by atoms with Crippen molar-refractivity contribution in [3.63, 3.8) is 0 Å². The van der Waals surface area contributed by atoms with Gasteiger partial charge < -0.3 is 15.0 Å². The summed E-state index contributed by atoms with van der Waals surface area (Å²) in [6, 6.07) is 0. The van der Waals surface area contributed by atoms with Crippen molar-refractivity contribution in [2.45, 2.75) is 50.5 Å². The second-order valence-corrected chi connectivity index (χ2v) is 5.18. The summed E-state index contributed by atoms with van der Waals surface area (Å²) in [5.74, 6) is 1.90. The van der Waals surface area contributed by atoms with E-state index in [2.05, 4.69) is 21.7 Å². The number of rotatable bonds is 6. The summed E-state index contributed by atoms with van der Waals surface area (Å²) in [4.78, 5) is 0. The number of thioether (sulfide) groups is 1. The Morgan fingerprint density at radius 3 is 3.06 bits per heavy atom. The van der Waals surface area contributed by atoms with Crippen LogP contribution in [0, 0.1) is 0 Å². The molecule has 1 unspecified atom stereocenters. The molecule has 2 N–H and O–H groups in total. The fourth-order valence-corrected chi connectivity index (χ4v) is 3.10. The second kappa shape index (κ2) is 6.37. The summed E-state index contributed by atoms with van der Waals surface area (Å²) in [6.45, 7) is 4.35. The number of ether oxygens (including phenoxy) is 1. The van der Waals surface area contributed by atoms with Crippen LogP contribution in [0.15, 0.2) is 5.16 Å². The van der Waals surface area contributed by atoms with Gasteiger partial charge in [0.25, 0.3) is 0 Å². The highest BCUT2D eigenvalue weighted by Crippen LogP contribution is 2.22. The Morgan fingerprint density at radius 1 is 1.53 bits per heavy atom. The van der Waals surface area contributed by atoms with Crippen molar-refractivity contribution in [3.05, 3.63) is 5.82 Å². The molecule has 5 nitrogen and oxygen atoms in total. The molecule has 1 aliphatic rings. The minimum atomic E-state index is 0.452. The molecule has 1 aromatic rings. The van der Waals surface area contributed by atoms with Crippen LogP contribution in [0.4, 0.5) is 0 Å². The van der Waals surface area contributed by atoms with Gasteiger partial charge in [0.15, 0.2) is 5.16 Å². The van der Waals surface area contributed by atoms with Crippen LogP contribution in [-0.4, -0.2) is 33.2 Å². The van der Waals surface area contributed by atoms with E-state index in [4.69, 9.17) is 10.5 Å². The molecule has 0 aromatic carbocycles. The maximum absolute atomic E-state index is 5.62. The summed E-state index contributed by atoms with van der Waals surface area (Å²) in [7, 11) is 0. The highest BCUT2D eigenvalue weighted by atomic mass is 32.2. The minimum Gasteiger partial charge on any atom is -0.378 e. The maximum atomic E-state index is 5.62. The topological polar surface area (TPSA) is 66.0 Å². The van der Waals surface area contributed by atoms with E-state index in [9.17, 15) is 0 Å². The highest BCUT2D eigenvalue weighted by molar-refractivity contribution is 7.99. The van der Waals surface area contributed by atoms with Crippen LogP contribution in [0.5, 0.6) is 0 Å². The highest BCUT2D eigenvalue weighted by Gasteiger charge is 2.16. The van der Waals surface area contributed by atoms with E-state index in [0.29, 0.717) is 12.6 Å². The number of nitrogens with two attached hydrogens (primary N) is 1. The van der Waals surface area contributed by atoms with Gasteiger partial charge in [-0.15, -0.1) is 10.2 Å². The molecule has 1 saturated heterocycles. The number of hydrogen-bond donors (Lipinski definition) is 1. The van der Waals surface area contributed by atoms with Gasteiger partial charge in [-0.3, -0.25) is 0 Å². The van der Waals surface area contributed by atoms with E-state index < -0.39 is 0 Å². The fraction of sp³-hybridized carbons (Fsp3) is 0.818. The molecule has 6 heteroatoms. The first kappa shape index (κ1) is 12.9. The van der Waals surface area contributed by atoms with E-state index in [1.54, 1.807) is 11.8 Å². The standard InChI is InChI=1S/C11H20N4OS/c1-2-15-10(8-12)13-14-11(15)17-7-5-9-4-3-6-16-9/h9H,2-8,12H2,1H3. The van der Waals surface area contributed by atoms with Gasteiger partial charge in [-0.2, -0.15) is 0 Å². The van der Waals surface area contributed by atoms with Crippen LogP contribution in [0.2, 0.25) is 0 Å². The van der Waals surface area contributed by atoms with Gasteiger partial charge in [-0.05, 0) is 26.2 Å². The number of nitrogens with zero attached hydrogens (tertiary/aromatic N) is 3. The van der Waals surface area contributed by atoms with Crippen molar-refractivity contribution >= 4 is 11.8 Å². The average molecular weight is 256 g/mol. The zero-order valence-electron chi connectivity index (χ0n) is 10.3. The normalized spacial score (nSPS) is 20.0. The van der Waals surface area contributed by atoms with Crippen molar-refractivity contribution in [3.8, 4) is 0 Å². The summed E-state index contributed by atoms with van der Waals surface area (Å²) in [5, 5.41) is 9.25. The lowest BCUT2D eigenvalue weighted by atomic mass is 10.2. The van der Waals surface area contributed by atoms with Gasteiger partial charge >= 0.3 is 0 Å². The van der Waals surface area contributed by atoms with Gasteiger partial charge in [0.2, 0.25) is 0 Å². The molecule has 0 radical (unpaired) electrons. The van der Waals surface area contributed by atoms with E-state index in [1.807, 2.05) is 0 Å². The Labute approximate surface area is 106 Å². The SMILES string of the molecule is CCn1c(CN)nnc1SCCC1CCCO1. The summed E-state index contributed by atoms with van der Waals surface area (Å²) in [6.07, 6.45) is 3.96. The first-order chi connectivity index (χ1) is 8.35.